The van der Waals surface area contributed by atoms with E-state index in [1.54, 1.807) is 19.4 Å². The first-order valence-electron chi connectivity index (χ1n) is 13.8. The van der Waals surface area contributed by atoms with Crippen molar-refractivity contribution in [3.63, 3.8) is 0 Å². The highest BCUT2D eigenvalue weighted by molar-refractivity contribution is 5.78. The van der Waals surface area contributed by atoms with Gasteiger partial charge in [0.1, 0.15) is 11.5 Å². The number of hydrogen-bond donors (Lipinski definition) is 2. The van der Waals surface area contributed by atoms with Crippen LogP contribution in [-0.2, 0) is 22.5 Å². The maximum absolute atomic E-state index is 13.3. The standard InChI is InChI=1S/C31H38N6O2/c1-39-16-4-15-37-28(18-24-5-2-13-34-31(24)37)26-6-3-14-36(21-26)30(38)19-27(32)17-22-7-9-23(10-8-22)25-11-12-29(33)35-20-25/h2,5,7-13,18,20,26-27H,3-4,6,14-17,19,21,32H2,1H3,(H2,33,35)/t26?,27-/m1/s1. The van der Waals surface area contributed by atoms with Crippen LogP contribution >= 0.6 is 0 Å². The second-order valence-corrected chi connectivity index (χ2v) is 10.5. The van der Waals surface area contributed by atoms with E-state index in [0.29, 0.717) is 25.3 Å². The van der Waals surface area contributed by atoms with Crippen LogP contribution < -0.4 is 11.5 Å². The molecule has 0 bridgehead atoms. The number of amides is 1. The topological polar surface area (TPSA) is 112 Å². The van der Waals surface area contributed by atoms with Crippen molar-refractivity contribution in [3.05, 3.63) is 78.2 Å². The molecule has 3 aromatic heterocycles. The van der Waals surface area contributed by atoms with Crippen molar-refractivity contribution in [1.82, 2.24) is 19.4 Å². The first-order chi connectivity index (χ1) is 19.0. The second kappa shape index (κ2) is 12.4. The average molecular weight is 527 g/mol. The van der Waals surface area contributed by atoms with Crippen molar-refractivity contribution in [3.8, 4) is 11.1 Å². The number of piperidine rings is 1. The number of rotatable bonds is 10. The number of likely N-dealkylation sites (tertiary alicyclic amines) is 1. The second-order valence-electron chi connectivity index (χ2n) is 10.5. The van der Waals surface area contributed by atoms with Gasteiger partial charge in [-0.25, -0.2) is 9.97 Å². The van der Waals surface area contributed by atoms with Gasteiger partial charge in [0.05, 0.1) is 0 Å². The Bertz CT molecular complexity index is 1380. The van der Waals surface area contributed by atoms with Crippen LogP contribution in [0.1, 0.15) is 42.9 Å². The van der Waals surface area contributed by atoms with Crippen LogP contribution in [-0.4, -0.2) is 58.2 Å². The smallest absolute Gasteiger partial charge is 0.224 e. The van der Waals surface area contributed by atoms with Gasteiger partial charge in [-0.1, -0.05) is 24.3 Å². The van der Waals surface area contributed by atoms with Crippen molar-refractivity contribution in [2.75, 3.05) is 32.5 Å². The van der Waals surface area contributed by atoms with Gasteiger partial charge >= 0.3 is 0 Å². The zero-order valence-corrected chi connectivity index (χ0v) is 22.6. The predicted molar refractivity (Wildman–Crippen MR) is 155 cm³/mol. The number of aryl methyl sites for hydroxylation is 1. The molecule has 4 N–H and O–H groups in total. The van der Waals surface area contributed by atoms with E-state index >= 15 is 0 Å². The summed E-state index contributed by atoms with van der Waals surface area (Å²) in [5.41, 5.74) is 17.6. The summed E-state index contributed by atoms with van der Waals surface area (Å²) in [4.78, 5) is 24.1. The number of carbonyl (C=O) groups excluding carboxylic acids is 1. The first kappa shape index (κ1) is 26.8. The van der Waals surface area contributed by atoms with Gasteiger partial charge in [0.2, 0.25) is 5.91 Å². The van der Waals surface area contributed by atoms with E-state index in [4.69, 9.17) is 16.2 Å². The molecule has 204 valence electrons. The van der Waals surface area contributed by atoms with Crippen molar-refractivity contribution < 1.29 is 9.53 Å². The zero-order chi connectivity index (χ0) is 27.2. The number of fused-ring (bicyclic) bond motifs is 1. The average Bonchev–Trinajstić information content (AvgIpc) is 3.33. The molecule has 0 radical (unpaired) electrons. The van der Waals surface area contributed by atoms with Gasteiger partial charge in [0, 0.05) is 80.8 Å². The lowest BCUT2D eigenvalue weighted by Crippen LogP contribution is -2.42. The molecule has 1 unspecified atom stereocenters. The summed E-state index contributed by atoms with van der Waals surface area (Å²) in [6.07, 6.45) is 7.59. The first-order valence-corrected chi connectivity index (χ1v) is 13.8. The molecule has 1 aromatic carbocycles. The van der Waals surface area contributed by atoms with Crippen LogP contribution in [0.2, 0.25) is 0 Å². The fourth-order valence-electron chi connectivity index (χ4n) is 5.63. The van der Waals surface area contributed by atoms with Crippen molar-refractivity contribution in [2.24, 2.45) is 5.73 Å². The van der Waals surface area contributed by atoms with E-state index in [9.17, 15) is 4.79 Å². The third kappa shape index (κ3) is 6.46. The molecular formula is C31H38N6O2. The SMILES string of the molecule is COCCCn1c(C2CCCN(C(=O)C[C@H](N)Cc3ccc(-c4ccc(N)nc4)cc3)C2)cc2cccnc21. The minimum Gasteiger partial charge on any atom is -0.385 e. The molecule has 1 saturated heterocycles. The minimum absolute atomic E-state index is 0.136. The van der Waals surface area contributed by atoms with E-state index < -0.39 is 0 Å². The normalized spacial score (nSPS) is 16.5. The molecule has 1 aliphatic rings. The third-order valence-corrected chi connectivity index (χ3v) is 7.62. The Hall–Kier alpha value is -3.75. The molecular weight excluding hydrogens is 488 g/mol. The summed E-state index contributed by atoms with van der Waals surface area (Å²) >= 11 is 0. The Labute approximate surface area is 230 Å². The lowest BCUT2D eigenvalue weighted by atomic mass is 9.93. The number of aromatic nitrogens is 3. The van der Waals surface area contributed by atoms with Crippen molar-refractivity contribution in [1.29, 1.82) is 0 Å². The Kier molecular flexibility index (Phi) is 8.54. The van der Waals surface area contributed by atoms with Crippen LogP contribution in [0.5, 0.6) is 0 Å². The Morgan fingerprint density at radius 1 is 1.13 bits per heavy atom. The van der Waals surface area contributed by atoms with E-state index in [0.717, 1.165) is 66.6 Å². The molecule has 4 heterocycles. The lowest BCUT2D eigenvalue weighted by molar-refractivity contribution is -0.132. The summed E-state index contributed by atoms with van der Waals surface area (Å²) in [6.45, 7) is 3.07. The Morgan fingerprint density at radius 2 is 1.95 bits per heavy atom. The van der Waals surface area contributed by atoms with Gasteiger partial charge in [-0.15, -0.1) is 0 Å². The molecule has 0 saturated carbocycles. The van der Waals surface area contributed by atoms with Gasteiger partial charge in [0.25, 0.3) is 0 Å². The highest BCUT2D eigenvalue weighted by atomic mass is 16.5. The maximum Gasteiger partial charge on any atom is 0.224 e. The van der Waals surface area contributed by atoms with Crippen molar-refractivity contribution in [2.45, 2.75) is 50.6 Å². The zero-order valence-electron chi connectivity index (χ0n) is 22.6. The number of hydrogen-bond acceptors (Lipinski definition) is 6. The molecule has 39 heavy (non-hydrogen) atoms. The highest BCUT2D eigenvalue weighted by Gasteiger charge is 2.28. The molecule has 8 heteroatoms. The minimum atomic E-state index is -0.230. The summed E-state index contributed by atoms with van der Waals surface area (Å²) in [6, 6.07) is 18.1. The largest absolute Gasteiger partial charge is 0.385 e. The number of carbonyl (C=O) groups is 1. The Balaban J connectivity index is 1.21. The predicted octanol–water partition coefficient (Wildman–Crippen LogP) is 4.38. The van der Waals surface area contributed by atoms with Gasteiger partial charge < -0.3 is 25.7 Å². The number of anilines is 1. The van der Waals surface area contributed by atoms with Crippen LogP contribution in [0.15, 0.2) is 67.0 Å². The number of methoxy groups -OCH3 is 1. The van der Waals surface area contributed by atoms with Crippen LogP contribution in [0, 0.1) is 0 Å². The Morgan fingerprint density at radius 3 is 2.72 bits per heavy atom. The molecule has 5 rings (SSSR count). The molecule has 2 atom stereocenters. The highest BCUT2D eigenvalue weighted by Crippen LogP contribution is 2.32. The third-order valence-electron chi connectivity index (χ3n) is 7.62. The molecule has 0 aliphatic carbocycles. The molecule has 8 nitrogen and oxygen atoms in total. The van der Waals surface area contributed by atoms with E-state index in [1.165, 1.54) is 5.69 Å². The number of nitrogens with zero attached hydrogens (tertiary/aromatic N) is 4. The number of nitrogens with two attached hydrogens (primary N) is 2. The lowest BCUT2D eigenvalue weighted by Gasteiger charge is -2.34. The monoisotopic (exact) mass is 526 g/mol. The summed E-state index contributed by atoms with van der Waals surface area (Å²) < 4.78 is 7.61. The van der Waals surface area contributed by atoms with Gasteiger partial charge in [-0.2, -0.15) is 0 Å². The number of pyridine rings is 2. The number of ether oxygens (including phenoxy) is 1. The summed E-state index contributed by atoms with van der Waals surface area (Å²) in [7, 11) is 1.73. The maximum atomic E-state index is 13.3. The van der Waals surface area contributed by atoms with Crippen LogP contribution in [0.25, 0.3) is 22.2 Å². The van der Waals surface area contributed by atoms with Gasteiger partial charge in [0.15, 0.2) is 0 Å². The van der Waals surface area contributed by atoms with Crippen LogP contribution in [0.3, 0.4) is 0 Å². The number of benzene rings is 1. The molecule has 1 amide bonds. The fourth-order valence-corrected chi connectivity index (χ4v) is 5.63. The summed E-state index contributed by atoms with van der Waals surface area (Å²) in [5.74, 6) is 0.926. The molecule has 4 aromatic rings. The van der Waals surface area contributed by atoms with E-state index in [2.05, 4.69) is 50.9 Å². The fraction of sp³-hybridized carbons (Fsp3) is 0.387. The van der Waals surface area contributed by atoms with Gasteiger partial charge in [-0.3, -0.25) is 4.79 Å². The van der Waals surface area contributed by atoms with Crippen molar-refractivity contribution >= 4 is 22.8 Å². The molecule has 1 aliphatic heterocycles. The number of nitrogen functional groups attached to an aromatic ring is 1. The van der Waals surface area contributed by atoms with E-state index in [-0.39, 0.29) is 17.9 Å². The molecule has 0 spiro atoms. The molecule has 1 fully saturated rings. The van der Waals surface area contributed by atoms with Gasteiger partial charge in [-0.05, 0) is 67.1 Å². The van der Waals surface area contributed by atoms with Crippen LogP contribution in [0.4, 0.5) is 5.82 Å². The van der Waals surface area contributed by atoms with E-state index in [1.807, 2.05) is 23.2 Å². The summed E-state index contributed by atoms with van der Waals surface area (Å²) in [5, 5.41) is 1.15. The quantitative estimate of drug-likeness (QED) is 0.297.